The summed E-state index contributed by atoms with van der Waals surface area (Å²) in [5.41, 5.74) is 0.350. The summed E-state index contributed by atoms with van der Waals surface area (Å²) in [6, 6.07) is 2.08. The van der Waals surface area contributed by atoms with Crippen LogP contribution in [-0.4, -0.2) is 49.3 Å². The molecular formula is C14H22N4O2. The van der Waals surface area contributed by atoms with Crippen molar-refractivity contribution in [3.05, 3.63) is 11.6 Å². The smallest absolute Gasteiger partial charge is 0.232 e. The predicted molar refractivity (Wildman–Crippen MR) is 75.5 cm³/mol. The first-order valence-corrected chi connectivity index (χ1v) is 7.13. The molecule has 1 aromatic rings. The van der Waals surface area contributed by atoms with Crippen LogP contribution in [0.3, 0.4) is 0 Å². The monoisotopic (exact) mass is 278 g/mol. The van der Waals surface area contributed by atoms with Gasteiger partial charge in [-0.15, -0.1) is 0 Å². The van der Waals surface area contributed by atoms with E-state index in [1.807, 2.05) is 0 Å². The predicted octanol–water partition coefficient (Wildman–Crippen LogP) is 1.49. The summed E-state index contributed by atoms with van der Waals surface area (Å²) in [5.74, 6) is 1.59. The van der Waals surface area contributed by atoms with Gasteiger partial charge in [0, 0.05) is 32.6 Å². The average molecular weight is 278 g/mol. The number of hydrogen-bond donors (Lipinski definition) is 1. The number of rotatable bonds is 6. The largest absolute Gasteiger partial charge is 0.424 e. The summed E-state index contributed by atoms with van der Waals surface area (Å²) >= 11 is 0. The van der Waals surface area contributed by atoms with Crippen LogP contribution < -0.4 is 5.32 Å². The number of nitrogens with one attached hydrogen (secondary N) is 1. The molecule has 0 radical (unpaired) electrons. The molecule has 1 saturated heterocycles. The van der Waals surface area contributed by atoms with Gasteiger partial charge in [0.1, 0.15) is 6.07 Å². The van der Waals surface area contributed by atoms with Gasteiger partial charge in [0.2, 0.25) is 11.6 Å². The zero-order chi connectivity index (χ0) is 14.4. The van der Waals surface area contributed by atoms with Crippen molar-refractivity contribution in [3.63, 3.8) is 0 Å². The topological polar surface area (TPSA) is 74.3 Å². The maximum Gasteiger partial charge on any atom is 0.232 e. The molecule has 110 valence electrons. The Kier molecular flexibility index (Phi) is 5.39. The van der Waals surface area contributed by atoms with E-state index >= 15 is 0 Å². The highest BCUT2D eigenvalue weighted by atomic mass is 16.5. The molecule has 1 fully saturated rings. The van der Waals surface area contributed by atoms with Gasteiger partial charge in [-0.3, -0.25) is 4.90 Å². The van der Waals surface area contributed by atoms with Gasteiger partial charge in [-0.05, 0) is 5.92 Å². The highest BCUT2D eigenvalue weighted by Gasteiger charge is 2.14. The maximum absolute atomic E-state index is 9.07. The van der Waals surface area contributed by atoms with Gasteiger partial charge in [-0.1, -0.05) is 13.8 Å². The molecule has 2 heterocycles. The van der Waals surface area contributed by atoms with Crippen LogP contribution >= 0.6 is 0 Å². The van der Waals surface area contributed by atoms with Crippen molar-refractivity contribution in [1.29, 1.82) is 5.26 Å². The Hall–Kier alpha value is -1.58. The Morgan fingerprint density at radius 2 is 2.15 bits per heavy atom. The summed E-state index contributed by atoms with van der Waals surface area (Å²) in [5, 5.41) is 12.2. The highest BCUT2D eigenvalue weighted by molar-refractivity contribution is 5.45. The number of morpholine rings is 1. The third kappa shape index (κ3) is 4.22. The molecule has 0 spiro atoms. The minimum absolute atomic E-state index is 0.350. The minimum atomic E-state index is 0.350. The second-order valence-corrected chi connectivity index (χ2v) is 5.38. The van der Waals surface area contributed by atoms with Crippen LogP contribution in [0.5, 0.6) is 0 Å². The molecular weight excluding hydrogens is 256 g/mol. The van der Waals surface area contributed by atoms with Gasteiger partial charge in [0.15, 0.2) is 5.89 Å². The van der Waals surface area contributed by atoms with Crippen LogP contribution in [0.4, 0.5) is 5.88 Å². The number of hydrogen-bond acceptors (Lipinski definition) is 6. The number of oxazole rings is 1. The van der Waals surface area contributed by atoms with E-state index in [9.17, 15) is 0 Å². The van der Waals surface area contributed by atoms with Crippen molar-refractivity contribution >= 4 is 5.88 Å². The average Bonchev–Trinajstić information content (AvgIpc) is 2.81. The third-order valence-corrected chi connectivity index (χ3v) is 3.18. The van der Waals surface area contributed by atoms with Gasteiger partial charge >= 0.3 is 0 Å². The second kappa shape index (κ2) is 7.27. The van der Waals surface area contributed by atoms with E-state index in [0.717, 1.165) is 45.8 Å². The van der Waals surface area contributed by atoms with Crippen LogP contribution in [0.25, 0.3) is 0 Å². The highest BCUT2D eigenvalue weighted by Crippen LogP contribution is 2.18. The SMILES string of the molecule is CC(C)Cc1nc(C#N)c(NCCN2CCOCC2)o1. The number of ether oxygens (including phenoxy) is 1. The molecule has 6 heteroatoms. The lowest BCUT2D eigenvalue weighted by molar-refractivity contribution is 0.0398. The summed E-state index contributed by atoms with van der Waals surface area (Å²) in [4.78, 5) is 6.54. The molecule has 1 aromatic heterocycles. The second-order valence-electron chi connectivity index (χ2n) is 5.38. The summed E-state index contributed by atoms with van der Waals surface area (Å²) < 4.78 is 10.9. The standard InChI is InChI=1S/C14H22N4O2/c1-11(2)9-13-17-12(10-15)14(20-13)16-3-4-18-5-7-19-8-6-18/h11,16H,3-9H2,1-2H3. The Bertz CT molecular complexity index is 458. The van der Waals surface area contributed by atoms with Crippen LogP contribution in [0.15, 0.2) is 4.42 Å². The molecule has 2 rings (SSSR count). The zero-order valence-corrected chi connectivity index (χ0v) is 12.2. The van der Waals surface area contributed by atoms with Crippen molar-refractivity contribution in [1.82, 2.24) is 9.88 Å². The Balaban J connectivity index is 1.85. The quantitative estimate of drug-likeness (QED) is 0.849. The first-order chi connectivity index (χ1) is 9.69. The molecule has 1 aliphatic heterocycles. The Morgan fingerprint density at radius 1 is 1.40 bits per heavy atom. The molecule has 0 atom stereocenters. The van der Waals surface area contributed by atoms with Crippen molar-refractivity contribution in [2.24, 2.45) is 5.92 Å². The van der Waals surface area contributed by atoms with E-state index in [1.54, 1.807) is 0 Å². The van der Waals surface area contributed by atoms with Crippen LogP contribution in [0, 0.1) is 17.2 Å². The lowest BCUT2D eigenvalue weighted by atomic mass is 10.1. The first kappa shape index (κ1) is 14.8. The van der Waals surface area contributed by atoms with E-state index in [4.69, 9.17) is 14.4 Å². The minimum Gasteiger partial charge on any atom is -0.424 e. The summed E-state index contributed by atoms with van der Waals surface area (Å²) in [7, 11) is 0. The molecule has 0 aromatic carbocycles. The number of nitrogens with zero attached hydrogens (tertiary/aromatic N) is 3. The van der Waals surface area contributed by atoms with Gasteiger partial charge in [-0.2, -0.15) is 5.26 Å². The van der Waals surface area contributed by atoms with Gasteiger partial charge in [0.25, 0.3) is 0 Å². The molecule has 0 aliphatic carbocycles. The summed E-state index contributed by atoms with van der Waals surface area (Å²) in [6.45, 7) is 9.36. The normalized spacial score (nSPS) is 16.3. The molecule has 1 aliphatic rings. The van der Waals surface area contributed by atoms with E-state index in [1.165, 1.54) is 0 Å². The van der Waals surface area contributed by atoms with E-state index in [0.29, 0.717) is 23.4 Å². The van der Waals surface area contributed by atoms with E-state index < -0.39 is 0 Å². The van der Waals surface area contributed by atoms with Crippen molar-refractivity contribution in [2.75, 3.05) is 44.7 Å². The van der Waals surface area contributed by atoms with Crippen LogP contribution in [-0.2, 0) is 11.2 Å². The molecule has 6 nitrogen and oxygen atoms in total. The summed E-state index contributed by atoms with van der Waals surface area (Å²) in [6.07, 6.45) is 0.750. The fraction of sp³-hybridized carbons (Fsp3) is 0.714. The van der Waals surface area contributed by atoms with Crippen LogP contribution in [0.2, 0.25) is 0 Å². The Morgan fingerprint density at radius 3 is 2.80 bits per heavy atom. The molecule has 0 amide bonds. The van der Waals surface area contributed by atoms with Gasteiger partial charge < -0.3 is 14.5 Å². The molecule has 0 bridgehead atoms. The third-order valence-electron chi connectivity index (χ3n) is 3.18. The zero-order valence-electron chi connectivity index (χ0n) is 12.2. The van der Waals surface area contributed by atoms with Crippen LogP contribution in [0.1, 0.15) is 25.4 Å². The Labute approximate surface area is 119 Å². The van der Waals surface area contributed by atoms with Crippen molar-refractivity contribution in [2.45, 2.75) is 20.3 Å². The van der Waals surface area contributed by atoms with Crippen molar-refractivity contribution < 1.29 is 9.15 Å². The lowest BCUT2D eigenvalue weighted by Crippen LogP contribution is -2.39. The number of nitriles is 1. The number of aromatic nitrogens is 1. The molecule has 0 unspecified atom stereocenters. The van der Waals surface area contributed by atoms with Gasteiger partial charge in [0.05, 0.1) is 13.2 Å². The van der Waals surface area contributed by atoms with Crippen molar-refractivity contribution in [3.8, 4) is 6.07 Å². The molecule has 20 heavy (non-hydrogen) atoms. The lowest BCUT2D eigenvalue weighted by Gasteiger charge is -2.26. The van der Waals surface area contributed by atoms with E-state index in [2.05, 4.69) is 35.1 Å². The maximum atomic E-state index is 9.07. The fourth-order valence-electron chi connectivity index (χ4n) is 2.15. The first-order valence-electron chi connectivity index (χ1n) is 7.13. The number of anilines is 1. The van der Waals surface area contributed by atoms with E-state index in [-0.39, 0.29) is 0 Å². The molecule has 0 saturated carbocycles. The molecule has 1 N–H and O–H groups in total. The fourth-order valence-corrected chi connectivity index (χ4v) is 2.15. The van der Waals surface area contributed by atoms with Gasteiger partial charge in [-0.25, -0.2) is 4.98 Å².